The van der Waals surface area contributed by atoms with E-state index in [1.165, 1.54) is 0 Å². The first-order chi connectivity index (χ1) is 13.2. The number of amides is 1. The van der Waals surface area contributed by atoms with Crippen molar-refractivity contribution in [3.05, 3.63) is 59.2 Å². The second kappa shape index (κ2) is 8.58. The zero-order chi connectivity index (χ0) is 19.2. The maximum Gasteiger partial charge on any atom is 0.410 e. The molecule has 1 aliphatic rings. The van der Waals surface area contributed by atoms with Gasteiger partial charge in [0.15, 0.2) is 0 Å². The lowest BCUT2D eigenvalue weighted by Gasteiger charge is -2.37. The summed E-state index contributed by atoms with van der Waals surface area (Å²) in [6, 6.07) is 12.7. The van der Waals surface area contributed by atoms with Gasteiger partial charge in [0.05, 0.1) is 20.3 Å². The van der Waals surface area contributed by atoms with Crippen molar-refractivity contribution in [2.75, 3.05) is 20.8 Å². The van der Waals surface area contributed by atoms with Crippen molar-refractivity contribution in [3.8, 4) is 11.5 Å². The van der Waals surface area contributed by atoms with Crippen molar-refractivity contribution < 1.29 is 23.8 Å². The highest BCUT2D eigenvalue weighted by Gasteiger charge is 2.35. The van der Waals surface area contributed by atoms with Gasteiger partial charge in [-0.15, -0.1) is 0 Å². The molecule has 0 saturated heterocycles. The van der Waals surface area contributed by atoms with Crippen molar-refractivity contribution in [2.24, 2.45) is 0 Å². The van der Waals surface area contributed by atoms with Gasteiger partial charge in [-0.3, -0.25) is 0 Å². The number of methoxy groups -OCH3 is 2. The summed E-state index contributed by atoms with van der Waals surface area (Å²) < 4.78 is 16.4. The first-order valence-corrected chi connectivity index (χ1v) is 8.84. The molecule has 2 aromatic carbocycles. The quantitative estimate of drug-likeness (QED) is 0.729. The van der Waals surface area contributed by atoms with Crippen LogP contribution in [0.5, 0.6) is 11.5 Å². The monoisotopic (exact) mass is 369 g/mol. The number of carbonyl (C=O) groups excluding carboxylic acids is 2. The van der Waals surface area contributed by atoms with Gasteiger partial charge in [0, 0.05) is 24.1 Å². The summed E-state index contributed by atoms with van der Waals surface area (Å²) in [6.45, 7) is 0.634. The van der Waals surface area contributed by atoms with Gasteiger partial charge in [-0.05, 0) is 24.1 Å². The molecule has 0 aliphatic carbocycles. The van der Waals surface area contributed by atoms with Crippen LogP contribution in [0.15, 0.2) is 42.5 Å². The number of nitrogens with zero attached hydrogens (tertiary/aromatic N) is 1. The molecule has 0 bridgehead atoms. The lowest BCUT2D eigenvalue weighted by Crippen LogP contribution is -2.41. The Morgan fingerprint density at radius 2 is 1.81 bits per heavy atom. The average molecular weight is 369 g/mol. The van der Waals surface area contributed by atoms with Crippen LogP contribution in [0, 0.1) is 0 Å². The summed E-state index contributed by atoms with van der Waals surface area (Å²) >= 11 is 0. The largest absolute Gasteiger partial charge is 0.496 e. The second-order valence-corrected chi connectivity index (χ2v) is 6.26. The summed E-state index contributed by atoms with van der Waals surface area (Å²) in [5.41, 5.74) is 2.69. The van der Waals surface area contributed by atoms with Crippen molar-refractivity contribution in [2.45, 2.75) is 25.5 Å². The van der Waals surface area contributed by atoms with E-state index in [-0.39, 0.29) is 13.0 Å². The minimum absolute atomic E-state index is 0.164. The van der Waals surface area contributed by atoms with E-state index in [0.717, 1.165) is 28.7 Å². The standard InChI is InChI=1S/C21H23NO5/c1-25-18-8-9-19(26-2)20-16(18)10-12-22(17(20)11-13-23)21(24)27-14-15-6-4-3-5-7-15/h3-9,13,17H,10-12,14H2,1-2H3. The van der Waals surface area contributed by atoms with Crippen molar-refractivity contribution in [1.82, 2.24) is 4.90 Å². The lowest BCUT2D eigenvalue weighted by molar-refractivity contribution is -0.108. The number of hydrogen-bond donors (Lipinski definition) is 0. The second-order valence-electron chi connectivity index (χ2n) is 6.26. The van der Waals surface area contributed by atoms with Gasteiger partial charge in [0.1, 0.15) is 24.4 Å². The Labute approximate surface area is 158 Å². The van der Waals surface area contributed by atoms with E-state index in [9.17, 15) is 9.59 Å². The third-order valence-electron chi connectivity index (χ3n) is 4.79. The molecule has 2 aromatic rings. The fourth-order valence-corrected chi connectivity index (χ4v) is 3.52. The van der Waals surface area contributed by atoms with Crippen LogP contribution in [0.1, 0.15) is 29.2 Å². The van der Waals surface area contributed by atoms with Gasteiger partial charge < -0.3 is 23.9 Å². The molecule has 0 fully saturated rings. The van der Waals surface area contributed by atoms with E-state index in [2.05, 4.69) is 0 Å². The summed E-state index contributed by atoms with van der Waals surface area (Å²) in [5.74, 6) is 1.37. The fraction of sp³-hybridized carbons (Fsp3) is 0.333. The van der Waals surface area contributed by atoms with E-state index in [0.29, 0.717) is 18.7 Å². The molecule has 142 valence electrons. The fourth-order valence-electron chi connectivity index (χ4n) is 3.52. The minimum atomic E-state index is -0.445. The predicted molar refractivity (Wildman–Crippen MR) is 100 cm³/mol. The maximum atomic E-state index is 12.7. The molecule has 1 atom stereocenters. The van der Waals surface area contributed by atoms with Crippen molar-refractivity contribution in [3.63, 3.8) is 0 Å². The van der Waals surface area contributed by atoms with Crippen LogP contribution >= 0.6 is 0 Å². The molecular formula is C21H23NO5. The van der Waals surface area contributed by atoms with Crippen LogP contribution < -0.4 is 9.47 Å². The smallest absolute Gasteiger partial charge is 0.410 e. The number of benzene rings is 2. The SMILES string of the molecule is COc1ccc(OC)c2c1CCN(C(=O)OCc1ccccc1)C2CC=O. The molecule has 6 heteroatoms. The normalized spacial score (nSPS) is 15.6. The number of rotatable bonds is 6. The van der Waals surface area contributed by atoms with Crippen LogP contribution in [0.4, 0.5) is 4.79 Å². The molecule has 0 aromatic heterocycles. The zero-order valence-corrected chi connectivity index (χ0v) is 15.5. The van der Waals surface area contributed by atoms with E-state index in [1.54, 1.807) is 25.2 Å². The summed E-state index contributed by atoms with van der Waals surface area (Å²) in [6.07, 6.45) is 1.14. The zero-order valence-electron chi connectivity index (χ0n) is 15.5. The third kappa shape index (κ3) is 3.89. The predicted octanol–water partition coefficient (Wildman–Crippen LogP) is 3.53. The number of aldehydes is 1. The van der Waals surface area contributed by atoms with Crippen LogP contribution in [-0.4, -0.2) is 38.0 Å². The molecule has 0 N–H and O–H groups in total. The van der Waals surface area contributed by atoms with Crippen molar-refractivity contribution >= 4 is 12.4 Å². The highest BCUT2D eigenvalue weighted by molar-refractivity contribution is 5.71. The summed E-state index contributed by atoms with van der Waals surface area (Å²) in [4.78, 5) is 25.7. The average Bonchev–Trinajstić information content (AvgIpc) is 2.72. The molecule has 0 spiro atoms. The van der Waals surface area contributed by atoms with Crippen molar-refractivity contribution in [1.29, 1.82) is 0 Å². The first kappa shape index (κ1) is 18.8. The molecule has 1 aliphatic heterocycles. The summed E-state index contributed by atoms with van der Waals surface area (Å²) in [7, 11) is 3.18. The van der Waals surface area contributed by atoms with Crippen LogP contribution in [0.25, 0.3) is 0 Å². The summed E-state index contributed by atoms with van der Waals surface area (Å²) in [5, 5.41) is 0. The van der Waals surface area contributed by atoms with E-state index in [4.69, 9.17) is 14.2 Å². The van der Waals surface area contributed by atoms with E-state index < -0.39 is 12.1 Å². The van der Waals surface area contributed by atoms with Gasteiger partial charge in [-0.2, -0.15) is 0 Å². The molecule has 27 heavy (non-hydrogen) atoms. The van der Waals surface area contributed by atoms with Gasteiger partial charge in [-0.25, -0.2) is 4.79 Å². The van der Waals surface area contributed by atoms with Gasteiger partial charge in [0.2, 0.25) is 0 Å². The van der Waals surface area contributed by atoms with Gasteiger partial charge >= 0.3 is 6.09 Å². The molecule has 0 radical (unpaired) electrons. The highest BCUT2D eigenvalue weighted by atomic mass is 16.6. The van der Waals surface area contributed by atoms with Crippen LogP contribution in [0.3, 0.4) is 0 Å². The Bertz CT molecular complexity index is 806. The lowest BCUT2D eigenvalue weighted by atomic mass is 9.89. The first-order valence-electron chi connectivity index (χ1n) is 8.84. The van der Waals surface area contributed by atoms with Crippen LogP contribution in [0.2, 0.25) is 0 Å². The number of fused-ring (bicyclic) bond motifs is 1. The molecule has 1 amide bonds. The Balaban J connectivity index is 1.87. The highest BCUT2D eigenvalue weighted by Crippen LogP contribution is 2.42. The number of hydrogen-bond acceptors (Lipinski definition) is 5. The van der Waals surface area contributed by atoms with Crippen LogP contribution in [-0.2, 0) is 22.6 Å². The van der Waals surface area contributed by atoms with E-state index in [1.807, 2.05) is 36.4 Å². The van der Waals surface area contributed by atoms with E-state index >= 15 is 0 Å². The Hall–Kier alpha value is -3.02. The topological polar surface area (TPSA) is 65.1 Å². The molecule has 1 heterocycles. The molecule has 0 saturated carbocycles. The maximum absolute atomic E-state index is 12.7. The Kier molecular flexibility index (Phi) is 5.96. The molecular weight excluding hydrogens is 346 g/mol. The minimum Gasteiger partial charge on any atom is -0.496 e. The molecule has 6 nitrogen and oxygen atoms in total. The van der Waals surface area contributed by atoms with Gasteiger partial charge in [0.25, 0.3) is 0 Å². The molecule has 1 unspecified atom stereocenters. The Morgan fingerprint density at radius 1 is 1.11 bits per heavy atom. The number of ether oxygens (including phenoxy) is 3. The third-order valence-corrected chi connectivity index (χ3v) is 4.79. The Morgan fingerprint density at radius 3 is 2.48 bits per heavy atom. The molecule has 3 rings (SSSR count). The van der Waals surface area contributed by atoms with Gasteiger partial charge in [-0.1, -0.05) is 30.3 Å². The number of carbonyl (C=O) groups is 2.